The summed E-state index contributed by atoms with van der Waals surface area (Å²) in [6.07, 6.45) is 0.632. The van der Waals surface area contributed by atoms with Crippen LogP contribution in [0.5, 0.6) is 5.75 Å². The van der Waals surface area contributed by atoms with Gasteiger partial charge in [-0.25, -0.2) is 4.39 Å². The minimum atomic E-state index is -0.329. The minimum Gasteiger partial charge on any atom is -0.506 e. The first kappa shape index (κ1) is 9.43. The average Bonchev–Trinajstić information content (AvgIpc) is 2.46. The van der Waals surface area contributed by atoms with E-state index in [0.29, 0.717) is 18.4 Å². The summed E-state index contributed by atoms with van der Waals surface area (Å²) in [5.74, 6) is -0.153. The van der Waals surface area contributed by atoms with Crippen LogP contribution in [0.15, 0.2) is 18.2 Å². The molecular formula is C10H10FNOS. The topological polar surface area (TPSA) is 46.2 Å². The van der Waals surface area contributed by atoms with Gasteiger partial charge >= 0.3 is 0 Å². The van der Waals surface area contributed by atoms with Crippen molar-refractivity contribution in [1.82, 2.24) is 0 Å². The normalized spacial score (nSPS) is 11.0. The molecule has 4 heteroatoms. The van der Waals surface area contributed by atoms with Crippen LogP contribution in [0.1, 0.15) is 4.88 Å². The van der Waals surface area contributed by atoms with Crippen molar-refractivity contribution < 1.29 is 9.50 Å². The van der Waals surface area contributed by atoms with Crippen LogP contribution in [0, 0.1) is 5.82 Å². The second-order valence-corrected chi connectivity index (χ2v) is 4.19. The number of fused-ring (bicyclic) bond motifs is 1. The third-order valence-electron chi connectivity index (χ3n) is 2.07. The predicted molar refractivity (Wildman–Crippen MR) is 56.2 cm³/mol. The van der Waals surface area contributed by atoms with Gasteiger partial charge in [-0.05, 0) is 31.2 Å². The van der Waals surface area contributed by atoms with Crippen LogP contribution in [0.2, 0.25) is 0 Å². The maximum Gasteiger partial charge on any atom is 0.137 e. The zero-order chi connectivity index (χ0) is 10.1. The summed E-state index contributed by atoms with van der Waals surface area (Å²) in [7, 11) is 0. The van der Waals surface area contributed by atoms with Crippen molar-refractivity contribution >= 4 is 21.4 Å². The van der Waals surface area contributed by atoms with Crippen LogP contribution in [-0.2, 0) is 6.42 Å². The third kappa shape index (κ3) is 1.47. The number of halogens is 1. The Bertz CT molecular complexity index is 466. The van der Waals surface area contributed by atoms with Gasteiger partial charge in [0.2, 0.25) is 0 Å². The molecular weight excluding hydrogens is 201 g/mol. The minimum absolute atomic E-state index is 0.176. The number of rotatable bonds is 2. The standard InChI is InChI=1S/C10H10FNOS/c11-6-1-2-8-7(5-6)10(13)9(14-8)3-4-12/h1-2,5,13H,3-4,12H2. The Morgan fingerprint density at radius 1 is 1.43 bits per heavy atom. The van der Waals surface area contributed by atoms with E-state index in [9.17, 15) is 9.50 Å². The highest BCUT2D eigenvalue weighted by atomic mass is 32.1. The largest absolute Gasteiger partial charge is 0.506 e. The van der Waals surface area contributed by atoms with Gasteiger partial charge in [0.25, 0.3) is 0 Å². The van der Waals surface area contributed by atoms with Crippen molar-refractivity contribution in [2.75, 3.05) is 6.54 Å². The fourth-order valence-corrected chi connectivity index (χ4v) is 2.50. The van der Waals surface area contributed by atoms with Gasteiger partial charge in [0.15, 0.2) is 0 Å². The molecule has 3 N–H and O–H groups in total. The Labute approximate surface area is 84.8 Å². The molecule has 0 unspecified atom stereocenters. The Kier molecular flexibility index (Phi) is 2.39. The lowest BCUT2D eigenvalue weighted by molar-refractivity contribution is 0.477. The monoisotopic (exact) mass is 211 g/mol. The molecule has 1 aromatic heterocycles. The average molecular weight is 211 g/mol. The van der Waals surface area contributed by atoms with Gasteiger partial charge in [-0.15, -0.1) is 11.3 Å². The molecule has 2 aromatic rings. The molecule has 0 saturated heterocycles. The molecule has 1 heterocycles. The van der Waals surface area contributed by atoms with E-state index < -0.39 is 0 Å². The molecule has 0 bridgehead atoms. The van der Waals surface area contributed by atoms with Crippen LogP contribution in [-0.4, -0.2) is 11.7 Å². The number of benzene rings is 1. The molecule has 0 aliphatic rings. The van der Waals surface area contributed by atoms with Gasteiger partial charge in [-0.2, -0.15) is 0 Å². The first-order valence-electron chi connectivity index (χ1n) is 4.32. The zero-order valence-electron chi connectivity index (χ0n) is 7.46. The fourth-order valence-electron chi connectivity index (χ4n) is 1.41. The summed E-state index contributed by atoms with van der Waals surface area (Å²) in [5.41, 5.74) is 5.40. The molecule has 2 nitrogen and oxygen atoms in total. The van der Waals surface area contributed by atoms with Gasteiger partial charge in [-0.3, -0.25) is 0 Å². The zero-order valence-corrected chi connectivity index (χ0v) is 8.27. The van der Waals surface area contributed by atoms with Crippen molar-refractivity contribution in [2.45, 2.75) is 6.42 Å². The second-order valence-electron chi connectivity index (χ2n) is 3.05. The van der Waals surface area contributed by atoms with Crippen LogP contribution in [0.4, 0.5) is 4.39 Å². The first-order chi connectivity index (χ1) is 6.72. The van der Waals surface area contributed by atoms with E-state index in [2.05, 4.69) is 0 Å². The molecule has 0 aliphatic carbocycles. The van der Waals surface area contributed by atoms with E-state index in [4.69, 9.17) is 5.73 Å². The van der Waals surface area contributed by atoms with Gasteiger partial charge in [-0.1, -0.05) is 0 Å². The van der Waals surface area contributed by atoms with Crippen LogP contribution in [0.3, 0.4) is 0 Å². The van der Waals surface area contributed by atoms with E-state index in [1.165, 1.54) is 23.5 Å². The number of hydrogen-bond donors (Lipinski definition) is 2. The highest BCUT2D eigenvalue weighted by Gasteiger charge is 2.10. The molecule has 0 saturated carbocycles. The molecule has 0 fully saturated rings. The van der Waals surface area contributed by atoms with Crippen molar-refractivity contribution in [3.8, 4) is 5.75 Å². The van der Waals surface area contributed by atoms with Crippen LogP contribution >= 0.6 is 11.3 Å². The summed E-state index contributed by atoms with van der Waals surface area (Å²) >= 11 is 1.46. The van der Waals surface area contributed by atoms with Crippen LogP contribution < -0.4 is 5.73 Å². The molecule has 0 radical (unpaired) electrons. The van der Waals surface area contributed by atoms with E-state index >= 15 is 0 Å². The number of thiophene rings is 1. The summed E-state index contributed by atoms with van der Waals surface area (Å²) < 4.78 is 13.8. The van der Waals surface area contributed by atoms with Gasteiger partial charge in [0.05, 0.1) is 0 Å². The third-order valence-corrected chi connectivity index (χ3v) is 3.29. The van der Waals surface area contributed by atoms with Crippen molar-refractivity contribution in [3.63, 3.8) is 0 Å². The van der Waals surface area contributed by atoms with Gasteiger partial charge in [0.1, 0.15) is 11.6 Å². The second kappa shape index (κ2) is 3.55. The molecule has 0 spiro atoms. The molecule has 0 amide bonds. The highest BCUT2D eigenvalue weighted by Crippen LogP contribution is 2.37. The molecule has 2 rings (SSSR count). The molecule has 14 heavy (non-hydrogen) atoms. The van der Waals surface area contributed by atoms with E-state index in [0.717, 1.165) is 9.58 Å². The molecule has 74 valence electrons. The fraction of sp³-hybridized carbons (Fsp3) is 0.200. The Hall–Kier alpha value is -1.13. The maximum atomic E-state index is 12.9. The van der Waals surface area contributed by atoms with Crippen molar-refractivity contribution in [3.05, 3.63) is 28.9 Å². The Morgan fingerprint density at radius 3 is 2.93 bits per heavy atom. The quantitative estimate of drug-likeness (QED) is 0.800. The summed E-state index contributed by atoms with van der Waals surface area (Å²) in [4.78, 5) is 0.827. The van der Waals surface area contributed by atoms with Crippen LogP contribution in [0.25, 0.3) is 10.1 Å². The Morgan fingerprint density at radius 2 is 2.21 bits per heavy atom. The van der Waals surface area contributed by atoms with E-state index in [1.54, 1.807) is 6.07 Å². The lowest BCUT2D eigenvalue weighted by atomic mass is 10.2. The van der Waals surface area contributed by atoms with E-state index in [1.807, 2.05) is 0 Å². The van der Waals surface area contributed by atoms with Gasteiger partial charge < -0.3 is 10.8 Å². The molecule has 1 aromatic carbocycles. The first-order valence-corrected chi connectivity index (χ1v) is 5.14. The SMILES string of the molecule is NCCc1sc2ccc(F)cc2c1O. The summed E-state index contributed by atoms with van der Waals surface area (Å²) in [5, 5.41) is 10.3. The summed E-state index contributed by atoms with van der Waals surface area (Å²) in [6.45, 7) is 0.489. The number of aromatic hydroxyl groups is 1. The smallest absolute Gasteiger partial charge is 0.137 e. The maximum absolute atomic E-state index is 12.9. The van der Waals surface area contributed by atoms with Crippen molar-refractivity contribution in [1.29, 1.82) is 0 Å². The Balaban J connectivity index is 2.62. The summed E-state index contributed by atoms with van der Waals surface area (Å²) in [6, 6.07) is 4.42. The molecule has 0 aliphatic heterocycles. The molecule has 0 atom stereocenters. The highest BCUT2D eigenvalue weighted by molar-refractivity contribution is 7.19. The van der Waals surface area contributed by atoms with Gasteiger partial charge in [0, 0.05) is 15.0 Å². The number of hydrogen-bond acceptors (Lipinski definition) is 3. The lowest BCUT2D eigenvalue weighted by Crippen LogP contribution is -2.00. The lowest BCUT2D eigenvalue weighted by Gasteiger charge is -1.93. The predicted octanol–water partition coefficient (Wildman–Crippen LogP) is 2.25. The van der Waals surface area contributed by atoms with E-state index in [-0.39, 0.29) is 11.6 Å². The number of nitrogens with two attached hydrogens (primary N) is 1. The van der Waals surface area contributed by atoms with Crippen molar-refractivity contribution in [2.24, 2.45) is 5.73 Å².